The molecule has 1 atom stereocenters. The number of ether oxygens (including phenoxy) is 1. The minimum absolute atomic E-state index is 0.0976. The van der Waals surface area contributed by atoms with Gasteiger partial charge in [-0.25, -0.2) is 0 Å². The number of aliphatic hydroxyl groups excluding tert-OH is 1. The van der Waals surface area contributed by atoms with Crippen molar-refractivity contribution in [1.82, 2.24) is 0 Å². The molecule has 0 spiro atoms. The highest BCUT2D eigenvalue weighted by atomic mass is 16.5. The van der Waals surface area contributed by atoms with Gasteiger partial charge in [-0.05, 0) is 38.0 Å². The van der Waals surface area contributed by atoms with Crippen LogP contribution in [0.1, 0.15) is 37.8 Å². The maximum absolute atomic E-state index is 8.72. The van der Waals surface area contributed by atoms with Crippen LogP contribution in [-0.4, -0.2) is 17.8 Å². The second-order valence-electron chi connectivity index (χ2n) is 4.11. The third kappa shape index (κ3) is 4.50. The molecular formula is C15H20O2. The summed E-state index contributed by atoms with van der Waals surface area (Å²) in [5.74, 6) is 6.81. The van der Waals surface area contributed by atoms with E-state index in [-0.39, 0.29) is 12.7 Å². The molecule has 0 aliphatic heterocycles. The summed E-state index contributed by atoms with van der Waals surface area (Å²) in [7, 11) is 0. The Bertz CT molecular complexity index is 413. The molecule has 0 aromatic heterocycles. The van der Waals surface area contributed by atoms with Gasteiger partial charge in [0.15, 0.2) is 0 Å². The first-order valence-electron chi connectivity index (χ1n) is 6.04. The molecule has 0 fully saturated rings. The van der Waals surface area contributed by atoms with Gasteiger partial charge in [-0.1, -0.05) is 24.8 Å². The molecule has 1 unspecified atom stereocenters. The molecule has 1 aromatic carbocycles. The number of benzene rings is 1. The minimum atomic E-state index is 0.0976. The Hall–Kier alpha value is -1.46. The van der Waals surface area contributed by atoms with Gasteiger partial charge in [0, 0.05) is 6.42 Å². The van der Waals surface area contributed by atoms with Crippen LogP contribution in [0.3, 0.4) is 0 Å². The van der Waals surface area contributed by atoms with E-state index in [9.17, 15) is 0 Å². The molecule has 1 aromatic rings. The van der Waals surface area contributed by atoms with Crippen LogP contribution in [-0.2, 0) is 0 Å². The first-order chi connectivity index (χ1) is 8.17. The van der Waals surface area contributed by atoms with E-state index in [1.807, 2.05) is 32.0 Å². The molecule has 92 valence electrons. The van der Waals surface area contributed by atoms with Crippen molar-refractivity contribution in [3.8, 4) is 17.6 Å². The predicted octanol–water partition coefficient (Wildman–Crippen LogP) is 2.91. The summed E-state index contributed by atoms with van der Waals surface area (Å²) in [6, 6.07) is 6.00. The van der Waals surface area contributed by atoms with Gasteiger partial charge >= 0.3 is 0 Å². The highest BCUT2D eigenvalue weighted by molar-refractivity contribution is 5.48. The van der Waals surface area contributed by atoms with Gasteiger partial charge in [-0.3, -0.25) is 0 Å². The van der Waals surface area contributed by atoms with E-state index in [1.54, 1.807) is 0 Å². The highest BCUT2D eigenvalue weighted by Crippen LogP contribution is 2.21. The van der Waals surface area contributed by atoms with Gasteiger partial charge in [-0.2, -0.15) is 0 Å². The summed E-state index contributed by atoms with van der Waals surface area (Å²) in [6.45, 7) is 6.27. The molecule has 0 saturated carbocycles. The van der Waals surface area contributed by atoms with Crippen molar-refractivity contribution < 1.29 is 9.84 Å². The Labute approximate surface area is 104 Å². The molecule has 17 heavy (non-hydrogen) atoms. The lowest BCUT2D eigenvalue weighted by Gasteiger charge is -2.14. The fraction of sp³-hybridized carbons (Fsp3) is 0.467. The zero-order valence-corrected chi connectivity index (χ0v) is 10.8. The maximum atomic E-state index is 8.72. The normalized spacial score (nSPS) is 11.5. The first kappa shape index (κ1) is 13.6. The number of hydrogen-bond donors (Lipinski definition) is 1. The van der Waals surface area contributed by atoms with Crippen LogP contribution in [0.25, 0.3) is 0 Å². The van der Waals surface area contributed by atoms with Crippen LogP contribution < -0.4 is 4.74 Å². The van der Waals surface area contributed by atoms with Gasteiger partial charge in [0.1, 0.15) is 5.75 Å². The van der Waals surface area contributed by atoms with E-state index >= 15 is 0 Å². The summed E-state index contributed by atoms with van der Waals surface area (Å²) in [5.41, 5.74) is 2.06. The second kappa shape index (κ2) is 6.98. The molecule has 0 radical (unpaired) electrons. The van der Waals surface area contributed by atoms with E-state index in [0.717, 1.165) is 23.3 Å². The lowest BCUT2D eigenvalue weighted by Crippen LogP contribution is -2.10. The lowest BCUT2D eigenvalue weighted by atomic mass is 10.1. The third-order valence-electron chi connectivity index (χ3n) is 2.50. The maximum Gasteiger partial charge on any atom is 0.135 e. The number of aryl methyl sites for hydroxylation is 1. The van der Waals surface area contributed by atoms with Crippen LogP contribution in [0.15, 0.2) is 18.2 Å². The SMILES string of the molecule is CCC(C)Oc1ccc(C)cc1C#CCCO. The van der Waals surface area contributed by atoms with Crippen LogP contribution in [0.4, 0.5) is 0 Å². The van der Waals surface area contributed by atoms with Crippen LogP contribution >= 0.6 is 0 Å². The van der Waals surface area contributed by atoms with Crippen molar-refractivity contribution in [2.24, 2.45) is 0 Å². The summed E-state index contributed by atoms with van der Waals surface area (Å²) in [6.07, 6.45) is 1.66. The summed E-state index contributed by atoms with van der Waals surface area (Å²) >= 11 is 0. The van der Waals surface area contributed by atoms with Gasteiger partial charge in [0.25, 0.3) is 0 Å². The highest BCUT2D eigenvalue weighted by Gasteiger charge is 2.05. The average molecular weight is 232 g/mol. The Kier molecular flexibility index (Phi) is 5.59. The van der Waals surface area contributed by atoms with E-state index in [2.05, 4.69) is 18.8 Å². The van der Waals surface area contributed by atoms with Crippen molar-refractivity contribution in [1.29, 1.82) is 0 Å². The zero-order chi connectivity index (χ0) is 12.7. The topological polar surface area (TPSA) is 29.5 Å². The third-order valence-corrected chi connectivity index (χ3v) is 2.50. The van der Waals surface area contributed by atoms with Crippen molar-refractivity contribution in [2.75, 3.05) is 6.61 Å². The van der Waals surface area contributed by atoms with E-state index in [0.29, 0.717) is 6.42 Å². The van der Waals surface area contributed by atoms with Gasteiger partial charge in [0.2, 0.25) is 0 Å². The van der Waals surface area contributed by atoms with Crippen LogP contribution in [0.2, 0.25) is 0 Å². The Morgan fingerprint density at radius 1 is 1.41 bits per heavy atom. The monoisotopic (exact) mass is 232 g/mol. The lowest BCUT2D eigenvalue weighted by molar-refractivity contribution is 0.217. The molecule has 2 heteroatoms. The fourth-order valence-electron chi connectivity index (χ4n) is 1.36. The Morgan fingerprint density at radius 3 is 2.82 bits per heavy atom. The number of aliphatic hydroxyl groups is 1. The fourth-order valence-corrected chi connectivity index (χ4v) is 1.36. The minimum Gasteiger partial charge on any atom is -0.489 e. The average Bonchev–Trinajstić information content (AvgIpc) is 2.32. The summed E-state index contributed by atoms with van der Waals surface area (Å²) < 4.78 is 5.82. The van der Waals surface area contributed by atoms with E-state index in [1.165, 1.54) is 0 Å². The van der Waals surface area contributed by atoms with Gasteiger partial charge in [-0.15, -0.1) is 0 Å². The first-order valence-corrected chi connectivity index (χ1v) is 6.04. The molecule has 2 nitrogen and oxygen atoms in total. The van der Waals surface area contributed by atoms with Crippen molar-refractivity contribution >= 4 is 0 Å². The molecule has 1 N–H and O–H groups in total. The quantitative estimate of drug-likeness (QED) is 0.809. The Morgan fingerprint density at radius 2 is 2.18 bits per heavy atom. The molecule has 0 heterocycles. The van der Waals surface area contributed by atoms with Crippen LogP contribution in [0, 0.1) is 18.8 Å². The summed E-state index contributed by atoms with van der Waals surface area (Å²) in [4.78, 5) is 0. The van der Waals surface area contributed by atoms with Crippen molar-refractivity contribution in [2.45, 2.75) is 39.7 Å². The van der Waals surface area contributed by atoms with E-state index < -0.39 is 0 Å². The molecular weight excluding hydrogens is 212 g/mol. The molecule has 0 amide bonds. The zero-order valence-electron chi connectivity index (χ0n) is 10.8. The van der Waals surface area contributed by atoms with Crippen LogP contribution in [0.5, 0.6) is 5.75 Å². The van der Waals surface area contributed by atoms with Gasteiger partial charge in [0.05, 0.1) is 18.3 Å². The smallest absolute Gasteiger partial charge is 0.135 e. The van der Waals surface area contributed by atoms with Crippen molar-refractivity contribution in [3.05, 3.63) is 29.3 Å². The van der Waals surface area contributed by atoms with Crippen molar-refractivity contribution in [3.63, 3.8) is 0 Å². The summed E-state index contributed by atoms with van der Waals surface area (Å²) in [5, 5.41) is 8.72. The standard InChI is InChI=1S/C15H20O2/c1-4-13(3)17-15-9-8-12(2)11-14(15)7-5-6-10-16/h8-9,11,13,16H,4,6,10H2,1-3H3. The molecule has 1 rings (SSSR count). The number of rotatable bonds is 4. The largest absolute Gasteiger partial charge is 0.489 e. The molecule has 0 bridgehead atoms. The number of hydrogen-bond acceptors (Lipinski definition) is 2. The molecule has 0 saturated heterocycles. The van der Waals surface area contributed by atoms with E-state index in [4.69, 9.17) is 9.84 Å². The Balaban J connectivity index is 2.92. The van der Waals surface area contributed by atoms with Gasteiger partial charge < -0.3 is 9.84 Å². The molecule has 0 aliphatic rings. The molecule has 0 aliphatic carbocycles. The second-order valence-corrected chi connectivity index (χ2v) is 4.11. The predicted molar refractivity (Wildman–Crippen MR) is 70.1 cm³/mol.